The molecule has 2 fully saturated rings. The number of ketones is 1. The number of rotatable bonds is 18. The van der Waals surface area contributed by atoms with Crippen LogP contribution in [0.3, 0.4) is 0 Å². The van der Waals surface area contributed by atoms with Gasteiger partial charge in [0.2, 0.25) is 23.5 Å². The second-order valence-electron chi connectivity index (χ2n) is 13.7. The van der Waals surface area contributed by atoms with E-state index in [9.17, 15) is 38.7 Å². The zero-order valence-corrected chi connectivity index (χ0v) is 29.9. The van der Waals surface area contributed by atoms with Crippen molar-refractivity contribution < 1.29 is 43.4 Å². The van der Waals surface area contributed by atoms with E-state index in [2.05, 4.69) is 27.8 Å². The summed E-state index contributed by atoms with van der Waals surface area (Å²) >= 11 is 0. The number of hydrogen-bond donors (Lipinski definition) is 5. The van der Waals surface area contributed by atoms with Crippen LogP contribution in [0.1, 0.15) is 90.2 Å². The molecule has 1 saturated carbocycles. The van der Waals surface area contributed by atoms with Crippen molar-refractivity contribution in [2.24, 2.45) is 17.8 Å². The lowest BCUT2D eigenvalue weighted by molar-refractivity contribution is -0.144. The SMILES string of the molecule is C=CCC1CCN(C(=O)[C@@H](NC(=O)OCC(C)C)C2CCCCC2)C1C(=O)NC(CCC)C(=O)C(=O)NCC(=O)NC(C(=O)O)c1ccccc1. The first-order chi connectivity index (χ1) is 24.4. The molecule has 0 bridgehead atoms. The van der Waals surface area contributed by atoms with Crippen molar-refractivity contribution in [1.82, 2.24) is 26.2 Å². The van der Waals surface area contributed by atoms with Gasteiger partial charge in [-0.15, -0.1) is 6.58 Å². The third-order valence-electron chi connectivity index (χ3n) is 9.28. The number of nitrogens with zero attached hydrogens (tertiary/aromatic N) is 1. The van der Waals surface area contributed by atoms with Crippen LogP contribution in [0.5, 0.6) is 0 Å². The molecule has 3 rings (SSSR count). The normalized spacial score (nSPS) is 19.3. The fourth-order valence-electron chi connectivity index (χ4n) is 6.72. The van der Waals surface area contributed by atoms with Gasteiger partial charge in [-0.05, 0) is 55.4 Å². The molecule has 5 atom stereocenters. The molecule has 5 amide bonds. The number of carboxylic acid groups (broad SMARTS) is 1. The Bertz CT molecular complexity index is 1400. The van der Waals surface area contributed by atoms with Crippen LogP contribution in [-0.2, 0) is 33.5 Å². The Morgan fingerprint density at radius 2 is 1.67 bits per heavy atom. The summed E-state index contributed by atoms with van der Waals surface area (Å²) in [6.45, 7) is 9.17. The van der Waals surface area contributed by atoms with Crippen LogP contribution in [0, 0.1) is 17.8 Å². The minimum absolute atomic E-state index is 0.104. The average Bonchev–Trinajstić information content (AvgIpc) is 3.54. The fourth-order valence-corrected chi connectivity index (χ4v) is 6.72. The summed E-state index contributed by atoms with van der Waals surface area (Å²) in [6, 6.07) is 3.52. The number of allylic oxidation sites excluding steroid dienone is 1. The standard InChI is InChI=1S/C37H53N5O9/c1-5-13-26-19-20-42(35(47)29(24-15-9-7-10-16-24)41-37(50)51-22-23(3)4)31(26)33(45)39-27(14-6-2)32(44)34(46)38-21-28(43)40-30(36(48)49)25-17-11-8-12-18-25/h5,8,11-12,17-18,23-24,26-27,29-31H,1,6-7,9-10,13-16,19-22H2,2-4H3,(H,38,46)(H,39,45)(H,40,43)(H,41,50)(H,48,49)/t26?,27?,29-,30?,31?/m0/s1. The molecule has 1 aromatic rings. The summed E-state index contributed by atoms with van der Waals surface area (Å²) in [5.41, 5.74) is 0.326. The van der Waals surface area contributed by atoms with Crippen LogP contribution >= 0.6 is 0 Å². The topological polar surface area (TPSA) is 200 Å². The van der Waals surface area contributed by atoms with E-state index in [-0.39, 0.29) is 37.3 Å². The van der Waals surface area contributed by atoms with Gasteiger partial charge in [0.05, 0.1) is 19.2 Å². The van der Waals surface area contributed by atoms with Gasteiger partial charge >= 0.3 is 12.1 Å². The monoisotopic (exact) mass is 711 g/mol. The van der Waals surface area contributed by atoms with Gasteiger partial charge in [-0.25, -0.2) is 9.59 Å². The highest BCUT2D eigenvalue weighted by Crippen LogP contribution is 2.32. The van der Waals surface area contributed by atoms with Gasteiger partial charge in [0.25, 0.3) is 5.91 Å². The van der Waals surface area contributed by atoms with Gasteiger partial charge in [0.1, 0.15) is 12.1 Å². The number of alkyl carbamates (subject to hydrolysis) is 1. The van der Waals surface area contributed by atoms with Crippen molar-refractivity contribution in [2.75, 3.05) is 19.7 Å². The number of benzene rings is 1. The van der Waals surface area contributed by atoms with E-state index in [1.54, 1.807) is 31.2 Å². The maximum atomic E-state index is 14.2. The predicted octanol–water partition coefficient (Wildman–Crippen LogP) is 3.02. The van der Waals surface area contributed by atoms with Crippen LogP contribution < -0.4 is 21.3 Å². The number of carbonyl (C=O) groups excluding carboxylic acids is 6. The van der Waals surface area contributed by atoms with E-state index >= 15 is 0 Å². The van der Waals surface area contributed by atoms with E-state index in [1.807, 2.05) is 13.8 Å². The lowest BCUT2D eigenvalue weighted by Gasteiger charge is -2.35. The molecule has 5 N–H and O–H groups in total. The van der Waals surface area contributed by atoms with Gasteiger partial charge < -0.3 is 36.0 Å². The molecular weight excluding hydrogens is 658 g/mol. The van der Waals surface area contributed by atoms with Gasteiger partial charge in [-0.2, -0.15) is 0 Å². The molecule has 1 aliphatic heterocycles. The Kier molecular flexibility index (Phi) is 16.1. The van der Waals surface area contributed by atoms with Crippen molar-refractivity contribution in [3.8, 4) is 0 Å². The quantitative estimate of drug-likeness (QED) is 0.112. The summed E-state index contributed by atoms with van der Waals surface area (Å²) in [6.07, 6.45) is 6.77. The maximum absolute atomic E-state index is 14.2. The van der Waals surface area contributed by atoms with Crippen molar-refractivity contribution >= 4 is 41.5 Å². The number of ether oxygens (including phenoxy) is 1. The van der Waals surface area contributed by atoms with Crippen molar-refractivity contribution in [3.63, 3.8) is 0 Å². The number of Topliss-reactive ketones (excluding diaryl/α,β-unsaturated/α-hetero) is 1. The van der Waals surface area contributed by atoms with Gasteiger partial charge in [0, 0.05) is 6.54 Å². The number of nitrogens with one attached hydrogen (secondary N) is 4. The minimum Gasteiger partial charge on any atom is -0.479 e. The van der Waals surface area contributed by atoms with Crippen LogP contribution in [0.15, 0.2) is 43.0 Å². The molecule has 14 heteroatoms. The number of amides is 5. The minimum atomic E-state index is -1.36. The molecule has 1 aliphatic carbocycles. The summed E-state index contributed by atoms with van der Waals surface area (Å²) in [7, 11) is 0. The van der Waals surface area contributed by atoms with Gasteiger partial charge in [-0.1, -0.05) is 82.9 Å². The first-order valence-corrected chi connectivity index (χ1v) is 17.9. The van der Waals surface area contributed by atoms with Crippen LogP contribution in [0.4, 0.5) is 4.79 Å². The van der Waals surface area contributed by atoms with E-state index in [0.29, 0.717) is 24.8 Å². The van der Waals surface area contributed by atoms with E-state index < -0.39 is 72.2 Å². The summed E-state index contributed by atoms with van der Waals surface area (Å²) in [4.78, 5) is 93.0. The Hall–Kier alpha value is -4.75. The average molecular weight is 712 g/mol. The molecular formula is C37H53N5O9. The molecule has 1 aromatic carbocycles. The first-order valence-electron chi connectivity index (χ1n) is 17.9. The number of likely N-dealkylation sites (tertiary alicyclic amines) is 1. The Labute approximate surface area is 299 Å². The zero-order valence-electron chi connectivity index (χ0n) is 29.9. The van der Waals surface area contributed by atoms with Gasteiger partial charge in [0.15, 0.2) is 6.04 Å². The lowest BCUT2D eigenvalue weighted by atomic mass is 9.83. The summed E-state index contributed by atoms with van der Waals surface area (Å²) in [5, 5.41) is 19.6. The van der Waals surface area contributed by atoms with E-state index in [4.69, 9.17) is 4.74 Å². The molecule has 14 nitrogen and oxygen atoms in total. The Morgan fingerprint density at radius 1 is 0.980 bits per heavy atom. The third kappa shape index (κ3) is 11.9. The van der Waals surface area contributed by atoms with E-state index in [1.165, 1.54) is 17.0 Å². The zero-order chi connectivity index (χ0) is 37.5. The molecule has 0 radical (unpaired) electrons. The van der Waals surface area contributed by atoms with Crippen LogP contribution in [-0.4, -0.2) is 89.3 Å². The Balaban J connectivity index is 1.73. The number of carbonyl (C=O) groups is 7. The fraction of sp³-hybridized carbons (Fsp3) is 0.595. The molecule has 2 aliphatic rings. The molecule has 0 spiro atoms. The second-order valence-corrected chi connectivity index (χ2v) is 13.7. The van der Waals surface area contributed by atoms with Crippen molar-refractivity contribution in [1.29, 1.82) is 0 Å². The summed E-state index contributed by atoms with van der Waals surface area (Å²) < 4.78 is 5.34. The molecule has 280 valence electrons. The highest BCUT2D eigenvalue weighted by atomic mass is 16.5. The van der Waals surface area contributed by atoms with Crippen molar-refractivity contribution in [2.45, 2.75) is 103 Å². The lowest BCUT2D eigenvalue weighted by Crippen LogP contribution is -2.59. The largest absolute Gasteiger partial charge is 0.479 e. The number of carboxylic acids is 1. The predicted molar refractivity (Wildman–Crippen MR) is 188 cm³/mol. The van der Waals surface area contributed by atoms with E-state index in [0.717, 1.165) is 32.1 Å². The maximum Gasteiger partial charge on any atom is 0.407 e. The summed E-state index contributed by atoms with van der Waals surface area (Å²) in [5.74, 6) is -5.58. The first kappa shape index (κ1) is 40.7. The van der Waals surface area contributed by atoms with Crippen LogP contribution in [0.25, 0.3) is 0 Å². The molecule has 1 saturated heterocycles. The highest BCUT2D eigenvalue weighted by molar-refractivity contribution is 6.38. The van der Waals surface area contributed by atoms with Gasteiger partial charge in [-0.3, -0.25) is 24.0 Å². The second kappa shape index (κ2) is 20.2. The molecule has 0 aromatic heterocycles. The van der Waals surface area contributed by atoms with Crippen LogP contribution in [0.2, 0.25) is 0 Å². The highest BCUT2D eigenvalue weighted by Gasteiger charge is 2.46. The molecule has 51 heavy (non-hydrogen) atoms. The molecule has 1 heterocycles. The molecule has 4 unspecified atom stereocenters. The van der Waals surface area contributed by atoms with Crippen molar-refractivity contribution in [3.05, 3.63) is 48.6 Å². The number of aliphatic carboxylic acids is 1. The Morgan fingerprint density at radius 3 is 2.27 bits per heavy atom. The smallest absolute Gasteiger partial charge is 0.407 e. The third-order valence-corrected chi connectivity index (χ3v) is 9.28. The number of hydrogen-bond acceptors (Lipinski definition) is 8.